The van der Waals surface area contributed by atoms with Crippen LogP contribution >= 0.6 is 0 Å². The molecule has 3 nitrogen and oxygen atoms in total. The van der Waals surface area contributed by atoms with Crippen LogP contribution in [-0.4, -0.2) is 16.1 Å². The Kier molecular flexibility index (Phi) is 5.03. The van der Waals surface area contributed by atoms with Crippen molar-refractivity contribution in [3.8, 4) is 0 Å². The molecule has 1 heterocycles. The van der Waals surface area contributed by atoms with E-state index in [4.69, 9.17) is 12.6 Å². The first-order valence-electron chi connectivity index (χ1n) is 5.02. The third kappa shape index (κ3) is 2.29. The van der Waals surface area contributed by atoms with Crippen molar-refractivity contribution in [2.75, 3.05) is 0 Å². The van der Waals surface area contributed by atoms with Crippen LogP contribution < -0.4 is 51.4 Å². The third-order valence-corrected chi connectivity index (χ3v) is 3.41. The molecule has 0 saturated carbocycles. The summed E-state index contributed by atoms with van der Waals surface area (Å²) in [6.45, 7) is 3.55. The number of carbonyl (C=O) groups excluding carboxylic acids is 2. The van der Waals surface area contributed by atoms with Crippen LogP contribution in [0.3, 0.4) is 0 Å². The Balaban J connectivity index is 0.00000144. The van der Waals surface area contributed by atoms with Gasteiger partial charge in [-0.05, 0) is 25.5 Å². The minimum atomic E-state index is -0.104. The van der Waals surface area contributed by atoms with Crippen LogP contribution in [0.5, 0.6) is 0 Å². The summed E-state index contributed by atoms with van der Waals surface area (Å²) in [7, 11) is 1.79. The quantitative estimate of drug-likeness (QED) is 0.472. The van der Waals surface area contributed by atoms with Crippen molar-refractivity contribution in [1.29, 1.82) is 0 Å². The third-order valence-electron chi connectivity index (χ3n) is 3.12. The van der Waals surface area contributed by atoms with Gasteiger partial charge in [-0.2, -0.15) is 0 Å². The number of hydrogen-bond acceptors (Lipinski definition) is 3. The molecule has 0 saturated heterocycles. The van der Waals surface area contributed by atoms with E-state index in [2.05, 4.69) is 0 Å². The molecule has 0 fully saturated rings. The summed E-state index contributed by atoms with van der Waals surface area (Å²) in [5.74, 6) is 0.187. The van der Waals surface area contributed by atoms with E-state index in [9.17, 15) is 9.59 Å². The first-order valence-corrected chi connectivity index (χ1v) is 5.60. The Hall–Kier alpha value is 0.346. The number of rotatable bonds is 1. The largest absolute Gasteiger partial charge is 1.00 e. The zero-order valence-corrected chi connectivity index (χ0v) is 14.4. The minimum absolute atomic E-state index is 0. The van der Waals surface area contributed by atoms with Gasteiger partial charge in [-0.25, -0.2) is 0 Å². The SMILES string of the molecule is CC1=CC(=O)c2c(c(C[S-])c(C)n2C)C1=O.[K+]. The second-order valence-electron chi connectivity index (χ2n) is 4.01. The Morgan fingerprint density at radius 2 is 1.88 bits per heavy atom. The van der Waals surface area contributed by atoms with Gasteiger partial charge in [-0.1, -0.05) is 0 Å². The molecule has 1 aliphatic carbocycles. The van der Waals surface area contributed by atoms with Gasteiger partial charge < -0.3 is 17.2 Å². The first kappa shape index (κ1) is 15.4. The van der Waals surface area contributed by atoms with Crippen LogP contribution in [0.25, 0.3) is 0 Å². The molecule has 0 atom stereocenters. The van der Waals surface area contributed by atoms with Crippen molar-refractivity contribution in [2.24, 2.45) is 7.05 Å². The maximum absolute atomic E-state index is 12.0. The summed E-state index contributed by atoms with van der Waals surface area (Å²) in [5.41, 5.74) is 3.21. The summed E-state index contributed by atoms with van der Waals surface area (Å²) < 4.78 is 1.76. The molecule has 1 aromatic heterocycles. The Morgan fingerprint density at radius 1 is 1.29 bits per heavy atom. The normalized spacial score (nSPS) is 14.2. The fraction of sp³-hybridized carbons (Fsp3) is 0.333. The molecular formula is C12H12KNO2S. The molecule has 0 radical (unpaired) electrons. The van der Waals surface area contributed by atoms with E-state index in [1.165, 1.54) is 6.08 Å². The van der Waals surface area contributed by atoms with Crippen molar-refractivity contribution in [3.63, 3.8) is 0 Å². The molecule has 84 valence electrons. The predicted molar refractivity (Wildman–Crippen MR) is 63.6 cm³/mol. The standard InChI is InChI=1S/C12H13NO2S.K/c1-6-4-9(14)11-10(12(6)15)8(5-16)7(2)13(11)3;/h4,16H,5H2,1-3H3;/q;+1/p-1. The number of fused-ring (bicyclic) bond motifs is 1. The molecule has 2 rings (SSSR count). The van der Waals surface area contributed by atoms with Gasteiger partial charge >= 0.3 is 51.4 Å². The molecule has 0 N–H and O–H groups in total. The van der Waals surface area contributed by atoms with Crippen molar-refractivity contribution < 1.29 is 61.0 Å². The van der Waals surface area contributed by atoms with Crippen molar-refractivity contribution in [2.45, 2.75) is 19.6 Å². The summed E-state index contributed by atoms with van der Waals surface area (Å²) >= 11 is 5.04. The van der Waals surface area contributed by atoms with E-state index < -0.39 is 0 Å². The van der Waals surface area contributed by atoms with E-state index in [1.807, 2.05) is 6.92 Å². The average molecular weight is 273 g/mol. The van der Waals surface area contributed by atoms with Gasteiger partial charge in [0.2, 0.25) is 5.78 Å². The van der Waals surface area contributed by atoms with Gasteiger partial charge in [-0.3, -0.25) is 9.59 Å². The number of aromatic nitrogens is 1. The molecule has 1 aliphatic rings. The Bertz CT molecular complexity index is 543. The predicted octanol–water partition coefficient (Wildman–Crippen LogP) is -1.29. The molecule has 0 bridgehead atoms. The van der Waals surface area contributed by atoms with Crippen LogP contribution in [0.2, 0.25) is 0 Å². The summed E-state index contributed by atoms with van der Waals surface area (Å²) in [6.07, 6.45) is 1.40. The zero-order chi connectivity index (χ0) is 12.0. The molecule has 0 aliphatic heterocycles. The van der Waals surface area contributed by atoms with Gasteiger partial charge in [0, 0.05) is 18.3 Å². The van der Waals surface area contributed by atoms with Crippen molar-refractivity contribution in [3.05, 3.63) is 34.2 Å². The van der Waals surface area contributed by atoms with E-state index in [-0.39, 0.29) is 63.0 Å². The number of nitrogens with zero attached hydrogens (tertiary/aromatic N) is 1. The van der Waals surface area contributed by atoms with Gasteiger partial charge in [0.05, 0.1) is 5.56 Å². The first-order chi connectivity index (χ1) is 7.49. The molecule has 0 aromatic carbocycles. The average Bonchev–Trinajstić information content (AvgIpc) is 2.49. The van der Waals surface area contributed by atoms with Crippen molar-refractivity contribution >= 4 is 24.2 Å². The van der Waals surface area contributed by atoms with Crippen LogP contribution in [0, 0.1) is 6.92 Å². The Labute approximate surface area is 148 Å². The molecule has 1 aromatic rings. The van der Waals surface area contributed by atoms with E-state index in [0.29, 0.717) is 22.6 Å². The van der Waals surface area contributed by atoms with Crippen LogP contribution in [0.15, 0.2) is 11.6 Å². The van der Waals surface area contributed by atoms with E-state index >= 15 is 0 Å². The summed E-state index contributed by atoms with van der Waals surface area (Å²) in [6, 6.07) is 0. The van der Waals surface area contributed by atoms with E-state index in [0.717, 1.165) is 11.3 Å². The van der Waals surface area contributed by atoms with Gasteiger partial charge in [0.1, 0.15) is 5.69 Å². The monoisotopic (exact) mass is 273 g/mol. The summed E-state index contributed by atoms with van der Waals surface area (Å²) in [4.78, 5) is 23.9. The van der Waals surface area contributed by atoms with Crippen LogP contribution in [0.4, 0.5) is 0 Å². The number of ketones is 2. The fourth-order valence-corrected chi connectivity index (χ4v) is 2.45. The molecular weight excluding hydrogens is 261 g/mol. The van der Waals surface area contributed by atoms with Crippen LogP contribution in [-0.2, 0) is 25.4 Å². The smallest absolute Gasteiger partial charge is 0.788 e. The molecule has 0 amide bonds. The zero-order valence-electron chi connectivity index (χ0n) is 10.5. The fourth-order valence-electron chi connectivity index (χ4n) is 2.10. The Morgan fingerprint density at radius 3 is 2.41 bits per heavy atom. The second-order valence-corrected chi connectivity index (χ2v) is 4.30. The molecule has 0 unspecified atom stereocenters. The van der Waals surface area contributed by atoms with Gasteiger partial charge in [0.25, 0.3) is 0 Å². The van der Waals surface area contributed by atoms with Crippen molar-refractivity contribution in [1.82, 2.24) is 4.57 Å². The number of Topliss-reactive ketones (excluding diaryl/α,β-unsaturated/α-hetero) is 1. The topological polar surface area (TPSA) is 39.1 Å². The molecule has 5 heteroatoms. The van der Waals surface area contributed by atoms with E-state index in [1.54, 1.807) is 18.5 Å². The number of allylic oxidation sites excluding steroid dienone is 2. The molecule has 17 heavy (non-hydrogen) atoms. The summed E-state index contributed by atoms with van der Waals surface area (Å²) in [5, 5.41) is 0. The maximum atomic E-state index is 12.0. The maximum Gasteiger partial charge on any atom is 1.00 e. The second kappa shape index (κ2) is 5.55. The van der Waals surface area contributed by atoms with Crippen LogP contribution in [0.1, 0.15) is 39.0 Å². The van der Waals surface area contributed by atoms with Gasteiger partial charge in [-0.15, -0.1) is 5.75 Å². The minimum Gasteiger partial charge on any atom is -0.788 e. The van der Waals surface area contributed by atoms with Gasteiger partial charge in [0.15, 0.2) is 5.78 Å². The number of hydrogen-bond donors (Lipinski definition) is 0. The number of carbonyl (C=O) groups is 2. The molecule has 0 spiro atoms.